The second kappa shape index (κ2) is 6.20. The van der Waals surface area contributed by atoms with E-state index in [2.05, 4.69) is 0 Å². The largest absolute Gasteiger partial charge is 0.391 e. The lowest BCUT2D eigenvalue weighted by Gasteiger charge is -2.16. The fourth-order valence-electron chi connectivity index (χ4n) is 1.65. The number of alkyl halides is 3. The Labute approximate surface area is 105 Å². The number of aryl methyl sites for hydroxylation is 2. The molecule has 0 fully saturated rings. The molecule has 5 heteroatoms. The minimum Gasteiger partial charge on any atom is -0.379 e. The second-order valence-electron chi connectivity index (χ2n) is 4.41. The number of rotatable bonds is 5. The maximum absolute atomic E-state index is 11.9. The van der Waals surface area contributed by atoms with E-state index in [4.69, 9.17) is 10.5 Å². The number of ether oxygens (including phenoxy) is 1. The molecule has 0 heterocycles. The topological polar surface area (TPSA) is 35.2 Å². The van der Waals surface area contributed by atoms with Crippen LogP contribution in [0.2, 0.25) is 0 Å². The summed E-state index contributed by atoms with van der Waals surface area (Å²) in [7, 11) is 0. The quantitative estimate of drug-likeness (QED) is 0.826. The summed E-state index contributed by atoms with van der Waals surface area (Å²) in [5.41, 5.74) is 8.92. The molecule has 2 nitrogen and oxygen atoms in total. The molecule has 0 saturated heterocycles. The van der Waals surface area contributed by atoms with Crippen molar-refractivity contribution in [1.82, 2.24) is 0 Å². The lowest BCUT2D eigenvalue weighted by Crippen LogP contribution is -2.20. The zero-order valence-corrected chi connectivity index (χ0v) is 10.6. The molecule has 2 N–H and O–H groups in total. The van der Waals surface area contributed by atoms with E-state index in [0.717, 1.165) is 16.7 Å². The molecule has 1 rings (SSSR count). The second-order valence-corrected chi connectivity index (χ2v) is 4.41. The predicted molar refractivity (Wildman–Crippen MR) is 64.3 cm³/mol. The zero-order chi connectivity index (χ0) is 13.8. The van der Waals surface area contributed by atoms with E-state index in [-0.39, 0.29) is 13.2 Å². The van der Waals surface area contributed by atoms with E-state index >= 15 is 0 Å². The Kier molecular flexibility index (Phi) is 5.16. The molecule has 1 aromatic rings. The van der Waals surface area contributed by atoms with Gasteiger partial charge in [0.2, 0.25) is 0 Å². The molecule has 0 saturated carbocycles. The van der Waals surface area contributed by atoms with Crippen LogP contribution < -0.4 is 5.73 Å². The molecule has 1 aromatic carbocycles. The standard InChI is InChI=1S/C13H18F3NO/c1-9-3-4-10(2)11(7-9)12(17)8-18-6-5-13(14,15)16/h3-4,7,12H,5-6,8,17H2,1-2H3. The Bertz CT molecular complexity index is 390. The Hall–Kier alpha value is -1.07. The SMILES string of the molecule is Cc1ccc(C)c(C(N)COCCC(F)(F)F)c1. The van der Waals surface area contributed by atoms with Crippen LogP contribution in [0.1, 0.15) is 29.2 Å². The molecule has 0 aliphatic rings. The average molecular weight is 261 g/mol. The van der Waals surface area contributed by atoms with Crippen molar-refractivity contribution in [3.63, 3.8) is 0 Å². The summed E-state index contributed by atoms with van der Waals surface area (Å²) in [5.74, 6) is 0. The van der Waals surface area contributed by atoms with E-state index in [1.165, 1.54) is 0 Å². The van der Waals surface area contributed by atoms with Gasteiger partial charge in [-0.05, 0) is 25.0 Å². The molecular formula is C13H18F3NO. The van der Waals surface area contributed by atoms with Crippen molar-refractivity contribution in [2.45, 2.75) is 32.5 Å². The third-order valence-corrected chi connectivity index (χ3v) is 2.66. The van der Waals surface area contributed by atoms with Gasteiger partial charge >= 0.3 is 6.18 Å². The Morgan fingerprint density at radius 3 is 2.56 bits per heavy atom. The van der Waals surface area contributed by atoms with Crippen molar-refractivity contribution in [1.29, 1.82) is 0 Å². The number of benzene rings is 1. The average Bonchev–Trinajstić information content (AvgIpc) is 2.26. The molecule has 0 aliphatic carbocycles. The summed E-state index contributed by atoms with van der Waals surface area (Å²) in [6.45, 7) is 3.62. The Balaban J connectivity index is 2.45. The fourth-order valence-corrected chi connectivity index (χ4v) is 1.65. The molecule has 102 valence electrons. The first-order valence-electron chi connectivity index (χ1n) is 5.77. The molecule has 0 aliphatic heterocycles. The predicted octanol–water partition coefficient (Wildman–Crippen LogP) is 3.27. The lowest BCUT2D eigenvalue weighted by molar-refractivity contribution is -0.145. The van der Waals surface area contributed by atoms with Gasteiger partial charge in [-0.25, -0.2) is 0 Å². The number of nitrogens with two attached hydrogens (primary N) is 1. The molecule has 18 heavy (non-hydrogen) atoms. The molecule has 0 radical (unpaired) electrons. The first-order chi connectivity index (χ1) is 8.29. The normalized spacial score (nSPS) is 13.7. The molecule has 0 bridgehead atoms. The number of hydrogen-bond acceptors (Lipinski definition) is 2. The van der Waals surface area contributed by atoms with E-state index in [0.29, 0.717) is 0 Å². The highest BCUT2D eigenvalue weighted by molar-refractivity contribution is 5.32. The molecule has 1 atom stereocenters. The summed E-state index contributed by atoms with van der Waals surface area (Å²) in [5, 5.41) is 0. The fraction of sp³-hybridized carbons (Fsp3) is 0.538. The van der Waals surface area contributed by atoms with Crippen LogP contribution in [0.5, 0.6) is 0 Å². The summed E-state index contributed by atoms with van der Waals surface area (Å²) in [6.07, 6.45) is -5.12. The first kappa shape index (κ1) is 15.0. The summed E-state index contributed by atoms with van der Waals surface area (Å²) >= 11 is 0. The van der Waals surface area contributed by atoms with Crippen molar-refractivity contribution in [2.24, 2.45) is 5.73 Å². The highest BCUT2D eigenvalue weighted by Crippen LogP contribution is 2.20. The first-order valence-corrected chi connectivity index (χ1v) is 5.77. The Morgan fingerprint density at radius 2 is 1.94 bits per heavy atom. The van der Waals surface area contributed by atoms with Crippen molar-refractivity contribution in [3.05, 3.63) is 34.9 Å². The lowest BCUT2D eigenvalue weighted by atomic mass is 10.00. The van der Waals surface area contributed by atoms with Gasteiger partial charge in [-0.3, -0.25) is 0 Å². The summed E-state index contributed by atoms with van der Waals surface area (Å²) < 4.78 is 40.7. The third-order valence-electron chi connectivity index (χ3n) is 2.66. The molecule has 0 spiro atoms. The number of hydrogen-bond donors (Lipinski definition) is 1. The monoisotopic (exact) mass is 261 g/mol. The van der Waals surface area contributed by atoms with Gasteiger partial charge < -0.3 is 10.5 Å². The summed E-state index contributed by atoms with van der Waals surface area (Å²) in [6, 6.07) is 5.46. The van der Waals surface area contributed by atoms with E-state index in [9.17, 15) is 13.2 Å². The molecule has 1 unspecified atom stereocenters. The Morgan fingerprint density at radius 1 is 1.28 bits per heavy atom. The highest BCUT2D eigenvalue weighted by atomic mass is 19.4. The van der Waals surface area contributed by atoms with Gasteiger partial charge in [0.05, 0.1) is 25.7 Å². The van der Waals surface area contributed by atoms with Gasteiger partial charge in [0.15, 0.2) is 0 Å². The maximum atomic E-state index is 11.9. The van der Waals surface area contributed by atoms with E-state index < -0.39 is 18.6 Å². The van der Waals surface area contributed by atoms with Gasteiger partial charge in [-0.2, -0.15) is 13.2 Å². The van der Waals surface area contributed by atoms with Gasteiger partial charge in [0.25, 0.3) is 0 Å². The van der Waals surface area contributed by atoms with Crippen LogP contribution >= 0.6 is 0 Å². The smallest absolute Gasteiger partial charge is 0.379 e. The van der Waals surface area contributed by atoms with Crippen molar-refractivity contribution in [2.75, 3.05) is 13.2 Å². The van der Waals surface area contributed by atoms with Gasteiger partial charge in [0.1, 0.15) is 0 Å². The highest BCUT2D eigenvalue weighted by Gasteiger charge is 2.26. The minimum absolute atomic E-state index is 0.0976. The maximum Gasteiger partial charge on any atom is 0.391 e. The van der Waals surface area contributed by atoms with Crippen LogP contribution in [0.25, 0.3) is 0 Å². The molecule has 0 amide bonds. The molecular weight excluding hydrogens is 243 g/mol. The van der Waals surface area contributed by atoms with E-state index in [1.807, 2.05) is 32.0 Å². The third kappa shape index (κ3) is 5.06. The van der Waals surface area contributed by atoms with Gasteiger partial charge in [-0.1, -0.05) is 23.8 Å². The van der Waals surface area contributed by atoms with Crippen molar-refractivity contribution >= 4 is 0 Å². The zero-order valence-electron chi connectivity index (χ0n) is 10.6. The van der Waals surface area contributed by atoms with Crippen molar-refractivity contribution < 1.29 is 17.9 Å². The minimum atomic E-state index is -4.18. The van der Waals surface area contributed by atoms with E-state index in [1.54, 1.807) is 0 Å². The van der Waals surface area contributed by atoms with Gasteiger partial charge in [-0.15, -0.1) is 0 Å². The van der Waals surface area contributed by atoms with Crippen molar-refractivity contribution in [3.8, 4) is 0 Å². The van der Waals surface area contributed by atoms with Crippen LogP contribution in [0.4, 0.5) is 13.2 Å². The van der Waals surface area contributed by atoms with Gasteiger partial charge in [0, 0.05) is 0 Å². The number of halogens is 3. The van der Waals surface area contributed by atoms with Crippen LogP contribution in [0.15, 0.2) is 18.2 Å². The summed E-state index contributed by atoms with van der Waals surface area (Å²) in [4.78, 5) is 0. The van der Waals surface area contributed by atoms with Crippen LogP contribution in [-0.4, -0.2) is 19.4 Å². The molecule has 0 aromatic heterocycles. The van der Waals surface area contributed by atoms with Crippen LogP contribution in [-0.2, 0) is 4.74 Å². The van der Waals surface area contributed by atoms with Crippen LogP contribution in [0.3, 0.4) is 0 Å². The van der Waals surface area contributed by atoms with Crippen LogP contribution in [0, 0.1) is 13.8 Å².